The molecule has 3 heterocycles. The van der Waals surface area contributed by atoms with E-state index in [1.807, 2.05) is 64.5 Å². The van der Waals surface area contributed by atoms with E-state index >= 15 is 0 Å². The predicted octanol–water partition coefficient (Wildman–Crippen LogP) is 4.32. The van der Waals surface area contributed by atoms with Crippen LogP contribution in [-0.2, 0) is 6.54 Å². The summed E-state index contributed by atoms with van der Waals surface area (Å²) in [5.74, 6) is 2.40. The first-order valence-corrected chi connectivity index (χ1v) is 10.8. The number of hydrogen-bond acceptors (Lipinski definition) is 8. The second-order valence-electron chi connectivity index (χ2n) is 7.81. The third-order valence-electron chi connectivity index (χ3n) is 5.07. The molecule has 0 amide bonds. The van der Waals surface area contributed by atoms with Crippen LogP contribution in [0.2, 0.25) is 0 Å². The number of aromatic nitrogens is 4. The average molecular weight is 448 g/mol. The molecule has 0 radical (unpaired) electrons. The number of methoxy groups -OCH3 is 1. The minimum Gasteiger partial charge on any atom is -0.495 e. The van der Waals surface area contributed by atoms with Gasteiger partial charge in [-0.1, -0.05) is 6.07 Å². The average Bonchev–Trinajstić information content (AvgIpc) is 3.24. The molecule has 3 aromatic heterocycles. The van der Waals surface area contributed by atoms with E-state index in [0.717, 1.165) is 40.1 Å². The number of aromatic amines is 1. The first kappa shape index (κ1) is 22.3. The molecule has 0 aliphatic rings. The molecule has 172 valence electrons. The van der Waals surface area contributed by atoms with E-state index in [2.05, 4.69) is 25.9 Å². The van der Waals surface area contributed by atoms with Crippen molar-refractivity contribution in [1.82, 2.24) is 25.3 Å². The third-order valence-corrected chi connectivity index (χ3v) is 5.07. The minimum atomic E-state index is -0.0561. The van der Waals surface area contributed by atoms with E-state index in [9.17, 15) is 0 Å². The van der Waals surface area contributed by atoms with Crippen LogP contribution in [0.1, 0.15) is 19.4 Å². The molecular formula is C24H29N7O2. The number of nitrogens with zero attached hydrogens (tertiary/aromatic N) is 3. The quantitative estimate of drug-likeness (QED) is 0.300. The van der Waals surface area contributed by atoms with Crippen LogP contribution in [0, 0.1) is 0 Å². The fourth-order valence-electron chi connectivity index (χ4n) is 3.60. The first-order valence-electron chi connectivity index (χ1n) is 10.8. The Morgan fingerprint density at radius 2 is 1.94 bits per heavy atom. The summed E-state index contributed by atoms with van der Waals surface area (Å²) >= 11 is 0. The summed E-state index contributed by atoms with van der Waals surface area (Å²) in [6, 6.07) is 9.90. The number of pyridine rings is 1. The first-order chi connectivity index (χ1) is 16.0. The fraction of sp³-hybridized carbons (Fsp3) is 0.292. The Hall–Kier alpha value is -3.85. The normalized spacial score (nSPS) is 11.1. The van der Waals surface area contributed by atoms with Crippen molar-refractivity contribution in [2.45, 2.75) is 26.5 Å². The Morgan fingerprint density at radius 3 is 2.67 bits per heavy atom. The zero-order chi connectivity index (χ0) is 23.4. The third kappa shape index (κ3) is 4.83. The standard InChI is InChI=1S/C24H29N7O2/c1-14(2)33-23-21-17(16-8-9-27-20(11-16)26-4)13-28-22(21)30-24(31-23)29-18-7-6-15(12-25-3)10-19(18)32-5/h6-11,13-14,25H,12H2,1-5H3,(H,26,27)(H2,28,29,30,31). The number of hydrogen-bond donors (Lipinski definition) is 4. The molecule has 0 atom stereocenters. The number of fused-ring (bicyclic) bond motifs is 1. The molecule has 4 aromatic rings. The zero-order valence-electron chi connectivity index (χ0n) is 19.5. The van der Waals surface area contributed by atoms with Crippen LogP contribution in [0.15, 0.2) is 42.7 Å². The highest BCUT2D eigenvalue weighted by atomic mass is 16.5. The number of anilines is 3. The summed E-state index contributed by atoms with van der Waals surface area (Å²) in [7, 11) is 5.40. The summed E-state index contributed by atoms with van der Waals surface area (Å²) in [6.07, 6.45) is 3.63. The van der Waals surface area contributed by atoms with E-state index in [1.54, 1.807) is 13.3 Å². The van der Waals surface area contributed by atoms with Crippen LogP contribution >= 0.6 is 0 Å². The van der Waals surface area contributed by atoms with Crippen molar-refractivity contribution in [2.75, 3.05) is 31.8 Å². The molecule has 0 spiro atoms. The van der Waals surface area contributed by atoms with Crippen LogP contribution < -0.4 is 25.4 Å². The van der Waals surface area contributed by atoms with Gasteiger partial charge >= 0.3 is 0 Å². The van der Waals surface area contributed by atoms with Crippen molar-refractivity contribution in [3.63, 3.8) is 0 Å². The highest BCUT2D eigenvalue weighted by molar-refractivity contribution is 5.98. The maximum atomic E-state index is 6.11. The minimum absolute atomic E-state index is 0.0561. The Labute approximate surface area is 193 Å². The van der Waals surface area contributed by atoms with Crippen LogP contribution in [0.25, 0.3) is 22.2 Å². The zero-order valence-corrected chi connectivity index (χ0v) is 19.5. The molecule has 0 saturated heterocycles. The van der Waals surface area contributed by atoms with Gasteiger partial charge in [-0.3, -0.25) is 0 Å². The molecule has 0 aliphatic carbocycles. The van der Waals surface area contributed by atoms with Crippen molar-refractivity contribution < 1.29 is 9.47 Å². The summed E-state index contributed by atoms with van der Waals surface area (Å²) in [4.78, 5) is 17.0. The molecule has 4 rings (SSSR count). The topological polar surface area (TPSA) is 109 Å². The highest BCUT2D eigenvalue weighted by Crippen LogP contribution is 2.36. The molecule has 1 aromatic carbocycles. The monoisotopic (exact) mass is 447 g/mol. The molecule has 33 heavy (non-hydrogen) atoms. The second kappa shape index (κ2) is 9.74. The van der Waals surface area contributed by atoms with Gasteiger partial charge in [0, 0.05) is 31.5 Å². The maximum absolute atomic E-state index is 6.11. The van der Waals surface area contributed by atoms with Gasteiger partial charge in [0.05, 0.1) is 24.3 Å². The summed E-state index contributed by atoms with van der Waals surface area (Å²) in [5, 5.41) is 10.3. The molecule has 0 unspecified atom stereocenters. The van der Waals surface area contributed by atoms with Gasteiger partial charge in [0.25, 0.3) is 0 Å². The van der Waals surface area contributed by atoms with Gasteiger partial charge in [-0.2, -0.15) is 9.97 Å². The van der Waals surface area contributed by atoms with Gasteiger partial charge in [0.15, 0.2) is 0 Å². The van der Waals surface area contributed by atoms with Crippen molar-refractivity contribution in [2.24, 2.45) is 0 Å². The van der Waals surface area contributed by atoms with E-state index in [4.69, 9.17) is 19.4 Å². The lowest BCUT2D eigenvalue weighted by atomic mass is 10.1. The van der Waals surface area contributed by atoms with E-state index in [0.29, 0.717) is 23.2 Å². The predicted molar refractivity (Wildman–Crippen MR) is 131 cm³/mol. The number of ether oxygens (including phenoxy) is 2. The van der Waals surface area contributed by atoms with Crippen molar-refractivity contribution in [1.29, 1.82) is 0 Å². The van der Waals surface area contributed by atoms with Crippen molar-refractivity contribution >= 4 is 28.5 Å². The van der Waals surface area contributed by atoms with Gasteiger partial charge in [-0.15, -0.1) is 0 Å². The lowest BCUT2D eigenvalue weighted by Crippen LogP contribution is -2.09. The molecule has 0 bridgehead atoms. The molecule has 0 aliphatic heterocycles. The Morgan fingerprint density at radius 1 is 1.09 bits per heavy atom. The van der Waals surface area contributed by atoms with E-state index in [-0.39, 0.29) is 6.10 Å². The number of H-pyrrole nitrogens is 1. The Bertz CT molecular complexity index is 1250. The number of nitrogens with one attached hydrogen (secondary N) is 4. The number of benzene rings is 1. The lowest BCUT2D eigenvalue weighted by molar-refractivity contribution is 0.236. The summed E-state index contributed by atoms with van der Waals surface area (Å²) in [5.41, 5.74) is 4.49. The molecule has 0 saturated carbocycles. The SMILES string of the molecule is CNCc1ccc(Nc2nc(OC(C)C)c3c(-c4ccnc(NC)c4)c[nH]c3n2)c(OC)c1. The lowest BCUT2D eigenvalue weighted by Gasteiger charge is -2.15. The fourth-order valence-corrected chi connectivity index (χ4v) is 3.60. The highest BCUT2D eigenvalue weighted by Gasteiger charge is 2.18. The van der Waals surface area contributed by atoms with Gasteiger partial charge in [-0.05, 0) is 56.3 Å². The smallest absolute Gasteiger partial charge is 0.232 e. The van der Waals surface area contributed by atoms with Crippen LogP contribution in [-0.4, -0.2) is 47.2 Å². The van der Waals surface area contributed by atoms with Gasteiger partial charge < -0.3 is 30.4 Å². The molecule has 4 N–H and O–H groups in total. The van der Waals surface area contributed by atoms with Crippen molar-refractivity contribution in [3.8, 4) is 22.8 Å². The molecular weight excluding hydrogens is 418 g/mol. The maximum Gasteiger partial charge on any atom is 0.232 e. The second-order valence-corrected chi connectivity index (χ2v) is 7.81. The summed E-state index contributed by atoms with van der Waals surface area (Å²) in [6.45, 7) is 4.70. The van der Waals surface area contributed by atoms with Crippen molar-refractivity contribution in [3.05, 3.63) is 48.3 Å². The molecule has 9 heteroatoms. The van der Waals surface area contributed by atoms with Gasteiger partial charge in [0.2, 0.25) is 11.8 Å². The van der Waals surface area contributed by atoms with Crippen LogP contribution in [0.3, 0.4) is 0 Å². The number of rotatable bonds is 9. The molecule has 9 nitrogen and oxygen atoms in total. The van der Waals surface area contributed by atoms with Gasteiger partial charge in [0.1, 0.15) is 17.2 Å². The Balaban J connectivity index is 1.77. The van der Waals surface area contributed by atoms with Crippen LogP contribution in [0.5, 0.6) is 11.6 Å². The summed E-state index contributed by atoms with van der Waals surface area (Å²) < 4.78 is 11.7. The largest absolute Gasteiger partial charge is 0.495 e. The van der Waals surface area contributed by atoms with E-state index in [1.165, 1.54) is 0 Å². The van der Waals surface area contributed by atoms with Crippen LogP contribution in [0.4, 0.5) is 17.5 Å². The molecule has 0 fully saturated rings. The van der Waals surface area contributed by atoms with E-state index < -0.39 is 0 Å². The van der Waals surface area contributed by atoms with Gasteiger partial charge in [-0.25, -0.2) is 4.98 Å². The Kier molecular flexibility index (Phi) is 6.60.